The number of aromatic nitrogens is 2. The van der Waals surface area contributed by atoms with Gasteiger partial charge in [0.15, 0.2) is 0 Å². The molecule has 0 atom stereocenters. The Kier molecular flexibility index (Phi) is 5.60. The summed E-state index contributed by atoms with van der Waals surface area (Å²) in [6.07, 6.45) is 1.87. The number of nitrogen functional groups attached to an aromatic ring is 1. The van der Waals surface area contributed by atoms with E-state index in [9.17, 15) is 0 Å². The molecule has 6 heteroatoms. The molecule has 6 nitrogen and oxygen atoms in total. The van der Waals surface area contributed by atoms with Crippen LogP contribution in [0.15, 0.2) is 60.8 Å². The topological polar surface area (TPSA) is 70.3 Å². The van der Waals surface area contributed by atoms with Crippen LogP contribution in [0.25, 0.3) is 22.0 Å². The number of aryl methyl sites for hydroxylation is 2. The third kappa shape index (κ3) is 4.47. The maximum atomic E-state index is 6.11. The summed E-state index contributed by atoms with van der Waals surface area (Å²) in [7, 11) is 2.18. The van der Waals surface area contributed by atoms with Crippen LogP contribution in [0.1, 0.15) is 11.1 Å². The summed E-state index contributed by atoms with van der Waals surface area (Å²) in [4.78, 5) is 14.3. The standard InChI is InChI=1S/C27H30N6/c1-18-13-21(16-22(28)14-18)24-6-4-5-20-17-29-27(31-26(20)24)30-23-7-8-25(19(2)15-23)33-11-9-32(3)10-12-33/h4-8,13-17H,9-12,28H2,1-3H3,(H,29,30,31). The summed E-state index contributed by atoms with van der Waals surface area (Å²) < 4.78 is 0. The first kappa shape index (κ1) is 21.2. The van der Waals surface area contributed by atoms with Crippen LogP contribution in [-0.4, -0.2) is 48.1 Å². The van der Waals surface area contributed by atoms with E-state index in [4.69, 9.17) is 10.7 Å². The Bertz CT molecular complexity index is 1290. The molecule has 168 valence electrons. The minimum absolute atomic E-state index is 0.585. The van der Waals surface area contributed by atoms with Gasteiger partial charge in [-0.1, -0.05) is 24.3 Å². The maximum absolute atomic E-state index is 6.11. The zero-order valence-corrected chi connectivity index (χ0v) is 19.5. The molecular weight excluding hydrogens is 408 g/mol. The van der Waals surface area contributed by atoms with E-state index in [1.165, 1.54) is 11.3 Å². The summed E-state index contributed by atoms with van der Waals surface area (Å²) in [5.74, 6) is 0.585. The Labute approximate surface area is 195 Å². The molecule has 0 saturated carbocycles. The first-order valence-corrected chi connectivity index (χ1v) is 11.4. The van der Waals surface area contributed by atoms with Gasteiger partial charge in [-0.25, -0.2) is 9.97 Å². The molecule has 0 amide bonds. The van der Waals surface area contributed by atoms with Crippen molar-refractivity contribution in [2.24, 2.45) is 0 Å². The van der Waals surface area contributed by atoms with Gasteiger partial charge < -0.3 is 20.9 Å². The molecule has 3 N–H and O–H groups in total. The lowest BCUT2D eigenvalue weighted by atomic mass is 10.0. The molecule has 0 unspecified atom stereocenters. The molecule has 1 saturated heterocycles. The highest BCUT2D eigenvalue weighted by Crippen LogP contribution is 2.31. The number of fused-ring (bicyclic) bond motifs is 1. The number of nitrogens with one attached hydrogen (secondary N) is 1. The van der Waals surface area contributed by atoms with E-state index in [0.29, 0.717) is 5.95 Å². The number of hydrogen-bond donors (Lipinski definition) is 2. The van der Waals surface area contributed by atoms with Crippen molar-refractivity contribution >= 4 is 33.9 Å². The second kappa shape index (κ2) is 8.71. The average Bonchev–Trinajstić information content (AvgIpc) is 2.79. The number of hydrogen-bond acceptors (Lipinski definition) is 6. The average molecular weight is 439 g/mol. The van der Waals surface area contributed by atoms with Crippen LogP contribution in [-0.2, 0) is 0 Å². The number of rotatable bonds is 4. The Morgan fingerprint density at radius 2 is 1.76 bits per heavy atom. The lowest BCUT2D eigenvalue weighted by Gasteiger charge is -2.35. The molecule has 0 spiro atoms. The normalized spacial score (nSPS) is 14.6. The maximum Gasteiger partial charge on any atom is 0.227 e. The van der Waals surface area contributed by atoms with Crippen molar-refractivity contribution in [3.8, 4) is 11.1 Å². The molecule has 1 aromatic heterocycles. The van der Waals surface area contributed by atoms with Gasteiger partial charge in [-0.2, -0.15) is 0 Å². The summed E-state index contributed by atoms with van der Waals surface area (Å²) in [5.41, 5.74) is 14.6. The third-order valence-corrected chi connectivity index (χ3v) is 6.32. The quantitative estimate of drug-likeness (QED) is 0.438. The molecule has 0 bridgehead atoms. The Morgan fingerprint density at radius 3 is 2.52 bits per heavy atom. The fourth-order valence-corrected chi connectivity index (χ4v) is 4.58. The number of likely N-dealkylation sites (N-methyl/N-ethyl adjacent to an activating group) is 1. The van der Waals surface area contributed by atoms with E-state index >= 15 is 0 Å². The van der Waals surface area contributed by atoms with E-state index in [0.717, 1.165) is 65.1 Å². The predicted octanol–water partition coefficient (Wildman–Crippen LogP) is 4.99. The second-order valence-corrected chi connectivity index (χ2v) is 8.99. The van der Waals surface area contributed by atoms with Crippen molar-refractivity contribution in [3.63, 3.8) is 0 Å². The largest absolute Gasteiger partial charge is 0.399 e. The van der Waals surface area contributed by atoms with Crippen molar-refractivity contribution in [1.29, 1.82) is 0 Å². The number of anilines is 4. The van der Waals surface area contributed by atoms with E-state index in [-0.39, 0.29) is 0 Å². The summed E-state index contributed by atoms with van der Waals surface area (Å²) >= 11 is 0. The SMILES string of the molecule is Cc1cc(N)cc(-c2cccc3cnc(Nc4ccc(N5CCN(C)CC5)c(C)c4)nc23)c1. The molecule has 1 fully saturated rings. The molecule has 0 radical (unpaired) electrons. The van der Waals surface area contributed by atoms with Gasteiger partial charge in [0.05, 0.1) is 5.52 Å². The van der Waals surface area contributed by atoms with Gasteiger partial charge >= 0.3 is 0 Å². The summed E-state index contributed by atoms with van der Waals surface area (Å²) in [6, 6.07) is 18.8. The molecular formula is C27H30N6. The van der Waals surface area contributed by atoms with E-state index in [1.54, 1.807) is 0 Å². The Balaban J connectivity index is 1.44. The highest BCUT2D eigenvalue weighted by Gasteiger charge is 2.16. The van der Waals surface area contributed by atoms with Crippen LogP contribution >= 0.6 is 0 Å². The van der Waals surface area contributed by atoms with Crippen LogP contribution in [0.2, 0.25) is 0 Å². The van der Waals surface area contributed by atoms with E-state index in [1.807, 2.05) is 30.5 Å². The van der Waals surface area contributed by atoms with E-state index < -0.39 is 0 Å². The molecule has 1 aliphatic heterocycles. The zero-order chi connectivity index (χ0) is 22.9. The zero-order valence-electron chi connectivity index (χ0n) is 19.5. The number of benzene rings is 3. The van der Waals surface area contributed by atoms with Crippen molar-refractivity contribution in [2.45, 2.75) is 13.8 Å². The molecule has 1 aliphatic rings. The molecule has 2 heterocycles. The summed E-state index contributed by atoms with van der Waals surface area (Å²) in [6.45, 7) is 8.54. The Hall–Kier alpha value is -3.64. The monoisotopic (exact) mass is 438 g/mol. The lowest BCUT2D eigenvalue weighted by Crippen LogP contribution is -2.44. The minimum Gasteiger partial charge on any atom is -0.399 e. The first-order valence-electron chi connectivity index (χ1n) is 11.4. The van der Waals surface area contributed by atoms with Crippen molar-refractivity contribution in [1.82, 2.24) is 14.9 Å². The number of nitrogens with two attached hydrogens (primary N) is 1. The van der Waals surface area contributed by atoms with Crippen molar-refractivity contribution in [3.05, 3.63) is 71.9 Å². The minimum atomic E-state index is 0.585. The molecule has 33 heavy (non-hydrogen) atoms. The van der Waals surface area contributed by atoms with Crippen LogP contribution in [0, 0.1) is 13.8 Å². The Morgan fingerprint density at radius 1 is 0.939 bits per heavy atom. The van der Waals surface area contributed by atoms with E-state index in [2.05, 4.69) is 71.3 Å². The third-order valence-electron chi connectivity index (χ3n) is 6.32. The lowest BCUT2D eigenvalue weighted by molar-refractivity contribution is 0.312. The fourth-order valence-electron chi connectivity index (χ4n) is 4.58. The van der Waals surface area contributed by atoms with Gasteiger partial charge in [-0.3, -0.25) is 0 Å². The molecule has 0 aliphatic carbocycles. The second-order valence-electron chi connectivity index (χ2n) is 8.99. The highest BCUT2D eigenvalue weighted by atomic mass is 15.2. The first-order chi connectivity index (χ1) is 16.0. The smallest absolute Gasteiger partial charge is 0.227 e. The predicted molar refractivity (Wildman–Crippen MR) is 138 cm³/mol. The van der Waals surface area contributed by atoms with Crippen LogP contribution in [0.3, 0.4) is 0 Å². The van der Waals surface area contributed by atoms with Gasteiger partial charge in [0.25, 0.3) is 0 Å². The van der Waals surface area contributed by atoms with Gasteiger partial charge in [0.1, 0.15) is 0 Å². The van der Waals surface area contributed by atoms with Crippen molar-refractivity contribution < 1.29 is 0 Å². The molecule has 3 aromatic carbocycles. The summed E-state index contributed by atoms with van der Waals surface area (Å²) in [5, 5.41) is 4.40. The number of para-hydroxylation sites is 1. The fraction of sp³-hybridized carbons (Fsp3) is 0.259. The number of piperazine rings is 1. The number of nitrogens with zero attached hydrogens (tertiary/aromatic N) is 4. The van der Waals surface area contributed by atoms with Crippen LogP contribution < -0.4 is 16.0 Å². The highest BCUT2D eigenvalue weighted by molar-refractivity contribution is 5.94. The van der Waals surface area contributed by atoms with Gasteiger partial charge in [-0.15, -0.1) is 0 Å². The van der Waals surface area contributed by atoms with Crippen molar-refractivity contribution in [2.75, 3.05) is 49.2 Å². The van der Waals surface area contributed by atoms with Crippen LogP contribution in [0.5, 0.6) is 0 Å². The molecule has 5 rings (SSSR count). The van der Waals surface area contributed by atoms with Crippen LogP contribution in [0.4, 0.5) is 23.0 Å². The van der Waals surface area contributed by atoms with Gasteiger partial charge in [0, 0.05) is 60.4 Å². The van der Waals surface area contributed by atoms with Gasteiger partial charge in [-0.05, 0) is 67.9 Å². The van der Waals surface area contributed by atoms with Gasteiger partial charge in [0.2, 0.25) is 5.95 Å². The molecule has 4 aromatic rings.